The van der Waals surface area contributed by atoms with Crippen molar-refractivity contribution < 1.29 is 23.8 Å². The Hall–Kier alpha value is -5.13. The standard InChI is InChI=1S/C52H62FN8O5S2/c1-31(2)34-9-6-7-10-35(34)36-11-8-12-41(36)61-29-52(30-61)19-21-60(22-20-52)33-13-14-37(43(23-33)66-44-24-38-40(53)27-55-48(38)56-50(44)65-5)49(62)58-68-45-25-42(59(4)64)47(46-39(45)28-67-57-46)54-26-32-15-17-51(3,63)18-16-32/h6-7,9-10,13-14,23-25,27-28,31-32,36,41,54,63H,8,11-12,15-22,26,29-30H2,1-5H3,(H,55,56)(H,58,62)/q-1. The average molecular weight is 962 g/mol. The van der Waals surface area contributed by atoms with Crippen molar-refractivity contribution in [1.29, 1.82) is 0 Å². The second kappa shape index (κ2) is 19.0. The molecule has 2 aliphatic carbocycles. The van der Waals surface area contributed by atoms with Crippen molar-refractivity contribution in [2.24, 2.45) is 11.3 Å². The first-order chi connectivity index (χ1) is 32.8. The number of anilines is 3. The van der Waals surface area contributed by atoms with E-state index in [0.717, 1.165) is 92.8 Å². The van der Waals surface area contributed by atoms with Gasteiger partial charge in [-0.1, -0.05) is 44.5 Å². The van der Waals surface area contributed by atoms with Gasteiger partial charge < -0.3 is 40.1 Å². The zero-order chi connectivity index (χ0) is 47.3. The maximum atomic E-state index is 14.9. The normalized spacial score (nSPS) is 22.8. The van der Waals surface area contributed by atoms with E-state index in [-0.39, 0.29) is 28.3 Å². The Morgan fingerprint density at radius 2 is 1.84 bits per heavy atom. The minimum atomic E-state index is -0.630. The number of hydrogen-bond donors (Lipinski definition) is 4. The molecule has 2 saturated heterocycles. The molecule has 13 nitrogen and oxygen atoms in total. The number of methoxy groups -OCH3 is 1. The van der Waals surface area contributed by atoms with E-state index in [2.05, 4.69) is 72.3 Å². The number of H-pyrrole nitrogens is 1. The number of hydrogen-bond acceptors (Lipinski definition) is 13. The summed E-state index contributed by atoms with van der Waals surface area (Å²) in [5.41, 5.74) is 5.93. The van der Waals surface area contributed by atoms with Gasteiger partial charge >= 0.3 is 0 Å². The molecule has 4 fully saturated rings. The molecule has 1 amide bonds. The number of nitrogens with zero attached hydrogens (tertiary/aromatic N) is 5. The largest absolute Gasteiger partial charge is 0.758 e. The van der Waals surface area contributed by atoms with Crippen molar-refractivity contribution in [1.82, 2.24) is 24.0 Å². The summed E-state index contributed by atoms with van der Waals surface area (Å²) >= 11 is 2.39. The van der Waals surface area contributed by atoms with E-state index in [1.807, 2.05) is 24.4 Å². The van der Waals surface area contributed by atoms with Gasteiger partial charge in [0.25, 0.3) is 11.8 Å². The Labute approximate surface area is 406 Å². The number of ether oxygens (including phenoxy) is 2. The highest BCUT2D eigenvalue weighted by Gasteiger charge is 2.49. The quantitative estimate of drug-likeness (QED) is 0.0607. The molecular formula is C52H62FN8O5S2-. The number of aliphatic hydroxyl groups is 1. The van der Waals surface area contributed by atoms with Crippen molar-refractivity contribution in [3.05, 3.63) is 93.9 Å². The monoisotopic (exact) mass is 961 g/mol. The Morgan fingerprint density at radius 3 is 2.59 bits per heavy atom. The van der Waals surface area contributed by atoms with Crippen LogP contribution in [-0.2, 0) is 0 Å². The lowest BCUT2D eigenvalue weighted by molar-refractivity contribution is -0.0493. The van der Waals surface area contributed by atoms with Gasteiger partial charge in [0.15, 0.2) is 5.75 Å². The number of pyridine rings is 1. The van der Waals surface area contributed by atoms with Crippen LogP contribution in [0.25, 0.3) is 21.9 Å². The first-order valence-corrected chi connectivity index (χ1v) is 25.8. The van der Waals surface area contributed by atoms with Gasteiger partial charge in [0.2, 0.25) is 0 Å². The summed E-state index contributed by atoms with van der Waals surface area (Å²) in [6.45, 7) is 11.2. The number of nitrogens with one attached hydrogen (secondary N) is 3. The molecule has 1 spiro atoms. The number of benzene rings is 3. The third kappa shape index (κ3) is 9.22. The van der Waals surface area contributed by atoms with Crippen molar-refractivity contribution >= 4 is 68.4 Å². The Kier molecular flexibility index (Phi) is 13.0. The molecule has 2 unspecified atom stereocenters. The van der Waals surface area contributed by atoms with Gasteiger partial charge in [-0.15, -0.1) is 0 Å². The molecule has 16 heteroatoms. The molecule has 4 N–H and O–H groups in total. The number of fused-ring (bicyclic) bond motifs is 2. The molecule has 4 aliphatic rings. The summed E-state index contributed by atoms with van der Waals surface area (Å²) in [6, 6.07) is 18.6. The number of hydroxylamine groups is 1. The molecule has 0 bridgehead atoms. The van der Waals surface area contributed by atoms with Crippen LogP contribution >= 0.6 is 23.5 Å². The lowest BCUT2D eigenvalue weighted by Crippen LogP contribution is -2.63. The predicted molar refractivity (Wildman–Crippen MR) is 271 cm³/mol. The maximum Gasteiger partial charge on any atom is 0.265 e. The number of aromatic nitrogens is 3. The zero-order valence-corrected chi connectivity index (χ0v) is 41.2. The number of piperidine rings is 1. The SMILES string of the molecule is COc1nc2[nH]cc(F)c2cc1Oc1cc(N2CCC3(CC2)CN(C2CCCC2c2ccccc2C(C)C)C3)ccc1C(=O)NSc1cc(N(C)[O-])c(NCC2CCC(C)(O)CC2)c2nscc12. The average Bonchev–Trinajstić information content (AvgIpc) is 4.10. The Morgan fingerprint density at radius 1 is 1.06 bits per heavy atom. The van der Waals surface area contributed by atoms with Crippen LogP contribution in [0.4, 0.5) is 21.5 Å². The fourth-order valence-electron chi connectivity index (χ4n) is 11.4. The summed E-state index contributed by atoms with van der Waals surface area (Å²) in [6.07, 6.45) is 10.4. The lowest BCUT2D eigenvalue weighted by Gasteiger charge is -2.57. The van der Waals surface area contributed by atoms with Crippen LogP contribution < -0.4 is 29.5 Å². The zero-order valence-electron chi connectivity index (χ0n) is 39.6. The van der Waals surface area contributed by atoms with E-state index < -0.39 is 17.3 Å². The minimum absolute atomic E-state index is 0.141. The Balaban J connectivity index is 0.867. The summed E-state index contributed by atoms with van der Waals surface area (Å²) in [4.78, 5) is 27.5. The van der Waals surface area contributed by atoms with Crippen LogP contribution in [0, 0.1) is 22.4 Å². The second-order valence-electron chi connectivity index (χ2n) is 20.3. The van der Waals surface area contributed by atoms with Gasteiger partial charge in [0, 0.05) is 78.4 Å². The summed E-state index contributed by atoms with van der Waals surface area (Å²) in [7, 11) is 2.93. The van der Waals surface area contributed by atoms with E-state index in [4.69, 9.17) is 9.47 Å². The fraction of sp³-hybridized carbons (Fsp3) is 0.481. The first-order valence-electron chi connectivity index (χ1n) is 24.2. The molecule has 2 aliphatic heterocycles. The molecule has 3 aromatic carbocycles. The highest BCUT2D eigenvalue weighted by atomic mass is 32.2. The van der Waals surface area contributed by atoms with E-state index in [9.17, 15) is 19.5 Å². The summed E-state index contributed by atoms with van der Waals surface area (Å²) in [5, 5.41) is 30.8. The number of carbonyl (C=O) groups is 1. The van der Waals surface area contributed by atoms with Crippen LogP contribution in [0.3, 0.4) is 0 Å². The van der Waals surface area contributed by atoms with Crippen molar-refractivity contribution in [2.75, 3.05) is 62.2 Å². The molecule has 5 heterocycles. The van der Waals surface area contributed by atoms with Gasteiger partial charge in [-0.3, -0.25) is 14.4 Å². The second-order valence-corrected chi connectivity index (χ2v) is 21.8. The predicted octanol–water partition coefficient (Wildman–Crippen LogP) is 11.2. The minimum Gasteiger partial charge on any atom is -0.758 e. The van der Waals surface area contributed by atoms with Gasteiger partial charge in [-0.05, 0) is 141 Å². The fourth-order valence-corrected chi connectivity index (χ4v) is 12.9. The maximum absolute atomic E-state index is 14.9. The van der Waals surface area contributed by atoms with Gasteiger partial charge in [0.1, 0.15) is 22.7 Å². The highest BCUT2D eigenvalue weighted by molar-refractivity contribution is 7.98. The smallest absolute Gasteiger partial charge is 0.265 e. The third-order valence-corrected chi connectivity index (χ3v) is 16.8. The first kappa shape index (κ1) is 46.6. The van der Waals surface area contributed by atoms with Crippen molar-refractivity contribution in [3.8, 4) is 17.4 Å². The van der Waals surface area contributed by atoms with Gasteiger partial charge in [-0.2, -0.15) is 9.36 Å². The number of carbonyl (C=O) groups excluding carboxylic acids is 1. The molecular weight excluding hydrogens is 900 g/mol. The van der Waals surface area contributed by atoms with E-state index >= 15 is 0 Å². The molecule has 6 aromatic rings. The molecule has 68 heavy (non-hydrogen) atoms. The molecule has 0 radical (unpaired) electrons. The molecule has 2 saturated carbocycles. The number of aromatic amines is 1. The Bertz CT molecular complexity index is 2790. The van der Waals surface area contributed by atoms with Gasteiger partial charge in [0.05, 0.1) is 35.0 Å². The number of likely N-dealkylation sites (tertiary alicyclic amines) is 1. The van der Waals surface area contributed by atoms with Crippen molar-refractivity contribution in [3.63, 3.8) is 0 Å². The summed E-state index contributed by atoms with van der Waals surface area (Å²) < 4.78 is 34.7. The van der Waals surface area contributed by atoms with Crippen LogP contribution in [-0.4, -0.2) is 88.8 Å². The molecule has 360 valence electrons. The molecule has 10 rings (SSSR count). The van der Waals surface area contributed by atoms with Crippen LogP contribution in [0.2, 0.25) is 0 Å². The third-order valence-electron chi connectivity index (χ3n) is 15.3. The highest BCUT2D eigenvalue weighted by Crippen LogP contribution is 2.49. The van der Waals surface area contributed by atoms with Crippen LogP contribution in [0.1, 0.15) is 112 Å². The number of rotatable bonds is 14. The van der Waals surface area contributed by atoms with E-state index in [1.54, 1.807) is 17.7 Å². The summed E-state index contributed by atoms with van der Waals surface area (Å²) in [5.74, 6) is 1.14. The van der Waals surface area contributed by atoms with Crippen LogP contribution in [0.5, 0.6) is 17.4 Å². The topological polar surface area (TPSA) is 154 Å². The number of amides is 1. The molecule has 3 aromatic heterocycles. The molecule has 2 atom stereocenters. The lowest BCUT2D eigenvalue weighted by atomic mass is 9.70. The van der Waals surface area contributed by atoms with E-state index in [1.165, 1.54) is 62.8 Å². The van der Waals surface area contributed by atoms with E-state index in [0.29, 0.717) is 63.2 Å². The van der Waals surface area contributed by atoms with Crippen LogP contribution in [0.15, 0.2) is 71.1 Å². The van der Waals surface area contributed by atoms with Gasteiger partial charge in [-0.25, -0.2) is 4.39 Å². The van der Waals surface area contributed by atoms with Crippen molar-refractivity contribution in [2.45, 2.75) is 107 Å². The number of halogens is 1.